The highest BCUT2D eigenvalue weighted by Gasteiger charge is 2.53. The van der Waals surface area contributed by atoms with E-state index in [1.807, 2.05) is 0 Å². The van der Waals surface area contributed by atoms with E-state index in [0.717, 1.165) is 37.1 Å². The Morgan fingerprint density at radius 3 is 2.70 bits per heavy atom. The average molecular weight is 273 g/mol. The molecular formula is C18H27NO. The normalized spacial score (nSPS) is 31.1. The number of nitrogens with one attached hydrogen (secondary N) is 1. The summed E-state index contributed by atoms with van der Waals surface area (Å²) in [4.78, 5) is 0. The Labute approximate surface area is 122 Å². The molecule has 1 N–H and O–H groups in total. The molecule has 2 nitrogen and oxygen atoms in total. The summed E-state index contributed by atoms with van der Waals surface area (Å²) in [5, 5.41) is 3.60. The predicted molar refractivity (Wildman–Crippen MR) is 83.2 cm³/mol. The van der Waals surface area contributed by atoms with Crippen LogP contribution in [0, 0.1) is 24.2 Å². The molecule has 2 saturated carbocycles. The van der Waals surface area contributed by atoms with Gasteiger partial charge in [0.2, 0.25) is 0 Å². The van der Waals surface area contributed by atoms with E-state index < -0.39 is 0 Å². The number of rotatable bonds is 6. The van der Waals surface area contributed by atoms with Gasteiger partial charge in [-0.1, -0.05) is 24.6 Å². The van der Waals surface area contributed by atoms with Gasteiger partial charge < -0.3 is 10.1 Å². The van der Waals surface area contributed by atoms with E-state index in [-0.39, 0.29) is 0 Å². The number of hydrogen-bond donors (Lipinski definition) is 1. The zero-order valence-corrected chi connectivity index (χ0v) is 13.0. The largest absolute Gasteiger partial charge is 0.496 e. The minimum Gasteiger partial charge on any atom is -0.496 e. The second-order valence-electron chi connectivity index (χ2n) is 6.94. The number of hydrogen-bond acceptors (Lipinski definition) is 2. The number of fused-ring (bicyclic) bond motifs is 1. The van der Waals surface area contributed by atoms with E-state index in [1.54, 1.807) is 7.11 Å². The van der Waals surface area contributed by atoms with E-state index in [2.05, 4.69) is 37.4 Å². The molecule has 2 aliphatic rings. The highest BCUT2D eigenvalue weighted by molar-refractivity contribution is 5.38. The van der Waals surface area contributed by atoms with Crippen LogP contribution >= 0.6 is 0 Å². The summed E-state index contributed by atoms with van der Waals surface area (Å²) in [5.74, 6) is 3.10. The molecule has 0 spiro atoms. The van der Waals surface area contributed by atoms with E-state index in [9.17, 15) is 0 Å². The Bertz CT molecular complexity index is 472. The molecule has 0 amide bonds. The first kappa shape index (κ1) is 13.9. The lowest BCUT2D eigenvalue weighted by Gasteiger charge is -2.32. The minimum absolute atomic E-state index is 0.463. The first-order chi connectivity index (χ1) is 9.65. The Balaban J connectivity index is 1.81. The van der Waals surface area contributed by atoms with Crippen molar-refractivity contribution in [2.75, 3.05) is 20.2 Å². The molecule has 1 aromatic rings. The molecule has 1 aromatic carbocycles. The van der Waals surface area contributed by atoms with Gasteiger partial charge >= 0.3 is 0 Å². The second-order valence-corrected chi connectivity index (χ2v) is 6.94. The van der Waals surface area contributed by atoms with Crippen LogP contribution in [0.4, 0.5) is 0 Å². The van der Waals surface area contributed by atoms with Crippen molar-refractivity contribution in [3.05, 3.63) is 29.3 Å². The molecule has 20 heavy (non-hydrogen) atoms. The van der Waals surface area contributed by atoms with Crippen molar-refractivity contribution in [2.24, 2.45) is 17.3 Å². The lowest BCUT2D eigenvalue weighted by atomic mass is 9.77. The van der Waals surface area contributed by atoms with Crippen molar-refractivity contribution in [1.29, 1.82) is 0 Å². The average Bonchev–Trinajstić information content (AvgIpc) is 3.05. The third kappa shape index (κ3) is 2.71. The summed E-state index contributed by atoms with van der Waals surface area (Å²) in [5.41, 5.74) is 3.19. The lowest BCUT2D eigenvalue weighted by molar-refractivity contribution is 0.247. The molecule has 2 atom stereocenters. The van der Waals surface area contributed by atoms with E-state index >= 15 is 0 Å². The lowest BCUT2D eigenvalue weighted by Crippen LogP contribution is -2.35. The summed E-state index contributed by atoms with van der Waals surface area (Å²) < 4.78 is 5.58. The Morgan fingerprint density at radius 2 is 2.05 bits per heavy atom. The maximum absolute atomic E-state index is 5.58. The molecule has 0 radical (unpaired) electrons. The molecular weight excluding hydrogens is 246 g/mol. The first-order valence-electron chi connectivity index (χ1n) is 8.00. The van der Waals surface area contributed by atoms with Crippen molar-refractivity contribution >= 4 is 0 Å². The third-order valence-electron chi connectivity index (χ3n) is 5.21. The molecule has 2 fully saturated rings. The van der Waals surface area contributed by atoms with Gasteiger partial charge in [-0.15, -0.1) is 0 Å². The maximum atomic E-state index is 5.58. The molecule has 0 aliphatic heterocycles. The number of methoxy groups -OCH3 is 1. The van der Waals surface area contributed by atoms with Crippen LogP contribution in [0.25, 0.3) is 0 Å². The standard InChI is InChI=1S/C18H27NO/c1-4-19-12-18(9-14-8-15(14)10-18)11-16-7-13(2)5-6-17(16)20-3/h5-7,14-15,19H,4,8-12H2,1-3H3. The molecule has 2 heteroatoms. The number of ether oxygens (including phenoxy) is 1. The summed E-state index contributed by atoms with van der Waals surface area (Å²) in [6.45, 7) is 6.61. The topological polar surface area (TPSA) is 21.3 Å². The van der Waals surface area contributed by atoms with Crippen LogP contribution in [-0.4, -0.2) is 20.2 Å². The van der Waals surface area contributed by atoms with Gasteiger partial charge in [0, 0.05) is 6.54 Å². The van der Waals surface area contributed by atoms with Gasteiger partial charge in [0.15, 0.2) is 0 Å². The van der Waals surface area contributed by atoms with Gasteiger partial charge in [-0.05, 0) is 68.0 Å². The van der Waals surface area contributed by atoms with Gasteiger partial charge in [-0.3, -0.25) is 0 Å². The summed E-state index contributed by atoms with van der Waals surface area (Å²) in [7, 11) is 1.79. The number of aryl methyl sites for hydroxylation is 1. The fraction of sp³-hybridized carbons (Fsp3) is 0.667. The van der Waals surface area contributed by atoms with Crippen LogP contribution in [0.15, 0.2) is 18.2 Å². The van der Waals surface area contributed by atoms with Crippen LogP contribution in [0.3, 0.4) is 0 Å². The number of benzene rings is 1. The van der Waals surface area contributed by atoms with Crippen molar-refractivity contribution in [3.8, 4) is 5.75 Å². The Hall–Kier alpha value is -1.02. The highest BCUT2D eigenvalue weighted by atomic mass is 16.5. The zero-order valence-electron chi connectivity index (χ0n) is 13.0. The van der Waals surface area contributed by atoms with Gasteiger partial charge in [0.25, 0.3) is 0 Å². The van der Waals surface area contributed by atoms with Crippen LogP contribution in [0.1, 0.15) is 37.3 Å². The van der Waals surface area contributed by atoms with Gasteiger partial charge in [-0.2, -0.15) is 0 Å². The van der Waals surface area contributed by atoms with Crippen LogP contribution in [0.2, 0.25) is 0 Å². The zero-order chi connectivity index (χ0) is 14.2. The monoisotopic (exact) mass is 273 g/mol. The smallest absolute Gasteiger partial charge is 0.122 e. The summed E-state index contributed by atoms with van der Waals surface area (Å²) in [6.07, 6.45) is 5.46. The first-order valence-corrected chi connectivity index (χ1v) is 8.00. The molecule has 0 aromatic heterocycles. The maximum Gasteiger partial charge on any atom is 0.122 e. The van der Waals surface area contributed by atoms with E-state index in [1.165, 1.54) is 30.4 Å². The van der Waals surface area contributed by atoms with Crippen molar-refractivity contribution in [1.82, 2.24) is 5.32 Å². The molecule has 2 aliphatic carbocycles. The third-order valence-corrected chi connectivity index (χ3v) is 5.21. The second kappa shape index (κ2) is 5.40. The van der Waals surface area contributed by atoms with Crippen LogP contribution in [-0.2, 0) is 6.42 Å². The molecule has 0 heterocycles. The highest BCUT2D eigenvalue weighted by Crippen LogP contribution is 2.60. The van der Waals surface area contributed by atoms with Gasteiger partial charge in [-0.25, -0.2) is 0 Å². The fourth-order valence-corrected chi connectivity index (χ4v) is 4.20. The molecule has 110 valence electrons. The van der Waals surface area contributed by atoms with Crippen molar-refractivity contribution in [3.63, 3.8) is 0 Å². The van der Waals surface area contributed by atoms with E-state index in [0.29, 0.717) is 5.41 Å². The SMILES string of the molecule is CCNCC1(Cc2cc(C)ccc2OC)CC2CC2C1. The predicted octanol–water partition coefficient (Wildman–Crippen LogP) is 3.57. The Kier molecular flexibility index (Phi) is 3.76. The summed E-state index contributed by atoms with van der Waals surface area (Å²) in [6, 6.07) is 6.59. The quantitative estimate of drug-likeness (QED) is 0.855. The van der Waals surface area contributed by atoms with E-state index in [4.69, 9.17) is 4.74 Å². The Morgan fingerprint density at radius 1 is 1.30 bits per heavy atom. The van der Waals surface area contributed by atoms with Gasteiger partial charge in [0.1, 0.15) is 5.75 Å². The molecule has 0 saturated heterocycles. The minimum atomic E-state index is 0.463. The molecule has 3 rings (SSSR count). The van der Waals surface area contributed by atoms with Crippen molar-refractivity contribution in [2.45, 2.75) is 39.5 Å². The van der Waals surface area contributed by atoms with Crippen molar-refractivity contribution < 1.29 is 4.74 Å². The van der Waals surface area contributed by atoms with Crippen LogP contribution in [0.5, 0.6) is 5.75 Å². The fourth-order valence-electron chi connectivity index (χ4n) is 4.20. The van der Waals surface area contributed by atoms with Gasteiger partial charge in [0.05, 0.1) is 7.11 Å². The van der Waals surface area contributed by atoms with Crippen LogP contribution < -0.4 is 10.1 Å². The molecule has 2 unspecified atom stereocenters. The summed E-state index contributed by atoms with van der Waals surface area (Å²) >= 11 is 0. The molecule has 0 bridgehead atoms.